The van der Waals surface area contributed by atoms with E-state index in [0.29, 0.717) is 35.3 Å². The average molecular weight is 467 g/mol. The molecule has 0 aliphatic heterocycles. The van der Waals surface area contributed by atoms with E-state index in [9.17, 15) is 9.59 Å². The molecule has 0 heterocycles. The molecule has 0 fully saturated rings. The van der Waals surface area contributed by atoms with Gasteiger partial charge in [-0.05, 0) is 43.5 Å². The summed E-state index contributed by atoms with van der Waals surface area (Å²) in [6, 6.07) is 13.0. The lowest BCUT2D eigenvalue weighted by Crippen LogP contribution is -2.49. The molecule has 0 aliphatic rings. The summed E-state index contributed by atoms with van der Waals surface area (Å²) in [5, 5.41) is 3.87. The molecule has 0 bridgehead atoms. The third kappa shape index (κ3) is 7.22. The molecule has 7 heteroatoms. The summed E-state index contributed by atoms with van der Waals surface area (Å²) in [6.07, 6.45) is 0.556. The van der Waals surface area contributed by atoms with Gasteiger partial charge in [0.2, 0.25) is 11.8 Å². The highest BCUT2D eigenvalue weighted by atomic mass is 35.5. The summed E-state index contributed by atoms with van der Waals surface area (Å²) >= 11 is 13.5. The summed E-state index contributed by atoms with van der Waals surface area (Å²) in [5.41, 5.74) is 3.17. The Bertz CT molecular complexity index is 859. The van der Waals surface area contributed by atoms with Crippen molar-refractivity contribution in [1.82, 2.24) is 10.2 Å². The maximum Gasteiger partial charge on any atom is 0.242 e. The highest BCUT2D eigenvalue weighted by molar-refractivity contribution is 7.99. The Morgan fingerprint density at radius 3 is 2.30 bits per heavy atom. The molecule has 162 valence electrons. The van der Waals surface area contributed by atoms with Crippen LogP contribution in [0.25, 0.3) is 0 Å². The second-order valence-electron chi connectivity index (χ2n) is 7.07. The molecule has 4 nitrogen and oxygen atoms in total. The molecule has 1 atom stereocenters. The lowest BCUT2D eigenvalue weighted by Gasteiger charge is -2.30. The molecular formula is C23H28Cl2N2O2S. The van der Waals surface area contributed by atoms with E-state index in [2.05, 4.69) is 5.32 Å². The Morgan fingerprint density at radius 1 is 1.03 bits per heavy atom. The van der Waals surface area contributed by atoms with E-state index in [0.717, 1.165) is 16.7 Å². The van der Waals surface area contributed by atoms with Gasteiger partial charge in [0.1, 0.15) is 6.04 Å². The molecule has 1 N–H and O–H groups in total. The van der Waals surface area contributed by atoms with Crippen molar-refractivity contribution in [2.75, 3.05) is 12.3 Å². The standard InChI is InChI=1S/C23H28Cl2N2O2S/c1-4-21(23(29)26-5-2)27(13-17-8-6-16(3)7-9-17)22(28)15-30-14-18-10-11-19(24)20(25)12-18/h6-12,21H,4-5,13-15H2,1-3H3,(H,26,29). The van der Waals surface area contributed by atoms with Gasteiger partial charge in [-0.3, -0.25) is 9.59 Å². The van der Waals surface area contributed by atoms with Gasteiger partial charge in [0, 0.05) is 18.8 Å². The number of benzene rings is 2. The fourth-order valence-electron chi connectivity index (χ4n) is 3.07. The zero-order valence-corrected chi connectivity index (χ0v) is 19.9. The predicted molar refractivity (Wildman–Crippen MR) is 127 cm³/mol. The molecule has 2 amide bonds. The van der Waals surface area contributed by atoms with E-state index in [1.54, 1.807) is 11.0 Å². The number of thioether (sulfide) groups is 1. The zero-order chi connectivity index (χ0) is 22.1. The van der Waals surface area contributed by atoms with Gasteiger partial charge >= 0.3 is 0 Å². The number of rotatable bonds is 10. The molecule has 2 aromatic rings. The third-order valence-corrected chi connectivity index (χ3v) is 6.42. The Morgan fingerprint density at radius 2 is 1.70 bits per heavy atom. The number of amides is 2. The van der Waals surface area contributed by atoms with Gasteiger partial charge in [0.15, 0.2) is 0 Å². The first kappa shape index (κ1) is 24.6. The van der Waals surface area contributed by atoms with E-state index < -0.39 is 6.04 Å². The SMILES string of the molecule is CCNC(=O)C(CC)N(Cc1ccc(C)cc1)C(=O)CSCc1ccc(Cl)c(Cl)c1. The van der Waals surface area contributed by atoms with Gasteiger partial charge < -0.3 is 10.2 Å². The highest BCUT2D eigenvalue weighted by Gasteiger charge is 2.28. The van der Waals surface area contributed by atoms with Crippen molar-refractivity contribution in [1.29, 1.82) is 0 Å². The van der Waals surface area contributed by atoms with Crippen LogP contribution in [0, 0.1) is 6.92 Å². The molecule has 2 aromatic carbocycles. The maximum absolute atomic E-state index is 13.1. The number of hydrogen-bond donors (Lipinski definition) is 1. The lowest BCUT2D eigenvalue weighted by molar-refractivity contribution is -0.139. The van der Waals surface area contributed by atoms with Gasteiger partial charge in [-0.2, -0.15) is 0 Å². The number of nitrogens with zero attached hydrogens (tertiary/aromatic N) is 1. The minimum absolute atomic E-state index is 0.0567. The van der Waals surface area contributed by atoms with Crippen molar-refractivity contribution in [2.45, 2.75) is 45.5 Å². The third-order valence-electron chi connectivity index (χ3n) is 4.69. The summed E-state index contributed by atoms with van der Waals surface area (Å²) in [6.45, 7) is 6.77. The summed E-state index contributed by atoms with van der Waals surface area (Å²) in [5.74, 6) is 0.745. The Hall–Kier alpha value is -1.69. The van der Waals surface area contributed by atoms with Crippen molar-refractivity contribution in [2.24, 2.45) is 0 Å². The number of halogens is 2. The average Bonchev–Trinajstić information content (AvgIpc) is 2.72. The molecule has 0 aromatic heterocycles. The minimum atomic E-state index is -0.496. The van der Waals surface area contributed by atoms with Crippen LogP contribution >= 0.6 is 35.0 Å². The summed E-state index contributed by atoms with van der Waals surface area (Å²) < 4.78 is 0. The van der Waals surface area contributed by atoms with E-state index in [4.69, 9.17) is 23.2 Å². The molecule has 0 aliphatic carbocycles. The van der Waals surface area contributed by atoms with Crippen LogP contribution in [0.3, 0.4) is 0 Å². The number of hydrogen-bond acceptors (Lipinski definition) is 3. The van der Waals surface area contributed by atoms with Gasteiger partial charge in [0.05, 0.1) is 15.8 Å². The monoisotopic (exact) mass is 466 g/mol. The molecule has 0 saturated heterocycles. The van der Waals surface area contributed by atoms with Crippen LogP contribution in [0.5, 0.6) is 0 Å². The van der Waals surface area contributed by atoms with Crippen molar-refractivity contribution >= 4 is 46.8 Å². The molecule has 30 heavy (non-hydrogen) atoms. The van der Waals surface area contributed by atoms with Crippen LogP contribution in [0.1, 0.15) is 37.0 Å². The largest absolute Gasteiger partial charge is 0.355 e. The maximum atomic E-state index is 13.1. The second kappa shape index (κ2) is 12.2. The van der Waals surface area contributed by atoms with Crippen molar-refractivity contribution in [3.8, 4) is 0 Å². The number of aryl methyl sites for hydroxylation is 1. The van der Waals surface area contributed by atoms with Crippen LogP contribution in [0.15, 0.2) is 42.5 Å². The molecule has 0 spiro atoms. The first-order chi connectivity index (χ1) is 14.3. The molecule has 2 rings (SSSR count). The topological polar surface area (TPSA) is 49.4 Å². The fourth-order valence-corrected chi connectivity index (χ4v) is 4.25. The Kier molecular flexibility index (Phi) is 10.0. The predicted octanol–water partition coefficient (Wildman–Crippen LogP) is 5.48. The normalized spacial score (nSPS) is 11.8. The van der Waals surface area contributed by atoms with E-state index in [1.165, 1.54) is 11.8 Å². The lowest BCUT2D eigenvalue weighted by atomic mass is 10.1. The number of likely N-dealkylation sites (N-methyl/N-ethyl adjacent to an activating group) is 1. The van der Waals surface area contributed by atoms with Crippen LogP contribution in [0.4, 0.5) is 0 Å². The van der Waals surface area contributed by atoms with E-state index in [1.807, 2.05) is 57.2 Å². The molecule has 0 radical (unpaired) electrons. The smallest absolute Gasteiger partial charge is 0.242 e. The quantitative estimate of drug-likeness (QED) is 0.504. The Balaban J connectivity index is 2.10. The van der Waals surface area contributed by atoms with Crippen LogP contribution in [-0.4, -0.2) is 35.1 Å². The highest BCUT2D eigenvalue weighted by Crippen LogP contribution is 2.25. The zero-order valence-electron chi connectivity index (χ0n) is 17.6. The van der Waals surface area contributed by atoms with E-state index in [-0.39, 0.29) is 17.6 Å². The molecule has 0 saturated carbocycles. The molecule has 1 unspecified atom stereocenters. The number of carbonyl (C=O) groups is 2. The van der Waals surface area contributed by atoms with Gasteiger partial charge in [-0.25, -0.2) is 0 Å². The summed E-state index contributed by atoms with van der Waals surface area (Å²) in [4.78, 5) is 27.4. The molecular weight excluding hydrogens is 439 g/mol. The van der Waals surface area contributed by atoms with Crippen LogP contribution in [0.2, 0.25) is 10.0 Å². The first-order valence-corrected chi connectivity index (χ1v) is 11.9. The van der Waals surface area contributed by atoms with Crippen molar-refractivity contribution < 1.29 is 9.59 Å². The Labute approximate surface area is 193 Å². The minimum Gasteiger partial charge on any atom is -0.355 e. The summed E-state index contributed by atoms with van der Waals surface area (Å²) in [7, 11) is 0. The van der Waals surface area contributed by atoms with Crippen molar-refractivity contribution in [3.63, 3.8) is 0 Å². The first-order valence-electron chi connectivity index (χ1n) is 10.00. The fraction of sp³-hybridized carbons (Fsp3) is 0.391. The van der Waals surface area contributed by atoms with Crippen molar-refractivity contribution in [3.05, 3.63) is 69.2 Å². The van der Waals surface area contributed by atoms with Gasteiger partial charge in [-0.15, -0.1) is 11.8 Å². The van der Waals surface area contributed by atoms with Gasteiger partial charge in [0.25, 0.3) is 0 Å². The van der Waals surface area contributed by atoms with Gasteiger partial charge in [-0.1, -0.05) is 66.0 Å². The number of carbonyl (C=O) groups excluding carboxylic acids is 2. The van der Waals surface area contributed by atoms with Crippen LogP contribution < -0.4 is 5.32 Å². The van der Waals surface area contributed by atoms with E-state index >= 15 is 0 Å². The number of nitrogens with one attached hydrogen (secondary N) is 1. The van der Waals surface area contributed by atoms with Crippen LogP contribution in [-0.2, 0) is 21.9 Å². The second-order valence-corrected chi connectivity index (χ2v) is 8.87.